The summed E-state index contributed by atoms with van der Waals surface area (Å²) < 4.78 is 5.45. The largest absolute Gasteiger partial charge is 0.445 e. The van der Waals surface area contributed by atoms with Crippen LogP contribution in [0.3, 0.4) is 0 Å². The minimum absolute atomic E-state index is 0.0252. The van der Waals surface area contributed by atoms with Crippen LogP contribution < -0.4 is 0 Å². The zero-order chi connectivity index (χ0) is 19.4. The molecular formula is C18H25N3O4S2. The van der Waals surface area contributed by atoms with Crippen molar-refractivity contribution in [2.75, 3.05) is 32.4 Å². The molecule has 0 radical (unpaired) electrons. The highest BCUT2D eigenvalue weighted by Gasteiger charge is 2.35. The highest BCUT2D eigenvalue weighted by atomic mass is 32.2. The zero-order valence-electron chi connectivity index (χ0n) is 15.3. The van der Waals surface area contributed by atoms with Crippen LogP contribution in [-0.2, 0) is 11.3 Å². The lowest BCUT2D eigenvalue weighted by Gasteiger charge is -2.24. The van der Waals surface area contributed by atoms with Crippen molar-refractivity contribution in [3.05, 3.63) is 39.9 Å². The van der Waals surface area contributed by atoms with Gasteiger partial charge in [-0.1, -0.05) is 0 Å². The molecule has 27 heavy (non-hydrogen) atoms. The van der Waals surface area contributed by atoms with Gasteiger partial charge >= 0.3 is 6.09 Å². The maximum Gasteiger partial charge on any atom is 0.410 e. The topological polar surface area (TPSA) is 75.9 Å². The molecule has 0 spiro atoms. The van der Waals surface area contributed by atoms with Crippen molar-refractivity contribution in [1.29, 1.82) is 0 Å². The molecule has 2 heterocycles. The molecule has 1 aromatic rings. The molecule has 9 heteroatoms. The van der Waals surface area contributed by atoms with E-state index in [0.29, 0.717) is 11.8 Å². The Hall–Kier alpha value is -1.45. The second-order valence-electron chi connectivity index (χ2n) is 7.18. The fourth-order valence-corrected chi connectivity index (χ4v) is 5.35. The number of likely N-dealkylation sites (tertiary alicyclic amines) is 2. The number of carbonyl (C=O) groups is 1. The third-order valence-electron chi connectivity index (χ3n) is 5.01. The Morgan fingerprint density at radius 2 is 2.11 bits per heavy atom. The first-order valence-corrected chi connectivity index (χ1v) is 10.6. The number of hydrogen-bond donors (Lipinski definition) is 1. The predicted molar refractivity (Wildman–Crippen MR) is 110 cm³/mol. The molecule has 0 saturated carbocycles. The first-order chi connectivity index (χ1) is 12.9. The Morgan fingerprint density at radius 1 is 1.37 bits per heavy atom. The van der Waals surface area contributed by atoms with Crippen molar-refractivity contribution in [1.82, 2.24) is 9.80 Å². The quantitative estimate of drug-likeness (QED) is 0.441. The average Bonchev–Trinajstić information content (AvgIpc) is 3.23. The van der Waals surface area contributed by atoms with Gasteiger partial charge in [-0.2, -0.15) is 24.4 Å². The molecule has 2 fully saturated rings. The van der Waals surface area contributed by atoms with Crippen LogP contribution in [-0.4, -0.2) is 69.8 Å². The lowest BCUT2D eigenvalue weighted by atomic mass is 10.2. The van der Waals surface area contributed by atoms with Gasteiger partial charge in [-0.05, 0) is 44.1 Å². The number of non-ortho nitro benzene ring substituents is 1. The van der Waals surface area contributed by atoms with Crippen LogP contribution in [0.4, 0.5) is 10.5 Å². The summed E-state index contributed by atoms with van der Waals surface area (Å²) in [5, 5.41) is 11.5. The summed E-state index contributed by atoms with van der Waals surface area (Å²) in [7, 11) is 2.14. The van der Waals surface area contributed by atoms with Gasteiger partial charge in [0.25, 0.3) is 5.69 Å². The van der Waals surface area contributed by atoms with Gasteiger partial charge in [-0.3, -0.25) is 10.1 Å². The van der Waals surface area contributed by atoms with Gasteiger partial charge in [-0.25, -0.2) is 4.79 Å². The van der Waals surface area contributed by atoms with Gasteiger partial charge in [0.1, 0.15) is 6.61 Å². The number of nitro benzene ring substituents is 1. The highest BCUT2D eigenvalue weighted by Crippen LogP contribution is 2.29. The van der Waals surface area contributed by atoms with E-state index in [0.717, 1.165) is 30.8 Å². The van der Waals surface area contributed by atoms with E-state index >= 15 is 0 Å². The first-order valence-electron chi connectivity index (χ1n) is 9.07. The van der Waals surface area contributed by atoms with Crippen LogP contribution >= 0.6 is 24.4 Å². The minimum Gasteiger partial charge on any atom is -0.445 e. The van der Waals surface area contributed by atoms with Crippen molar-refractivity contribution in [2.24, 2.45) is 0 Å². The lowest BCUT2D eigenvalue weighted by molar-refractivity contribution is -0.384. The zero-order valence-corrected chi connectivity index (χ0v) is 17.0. The number of carbonyl (C=O) groups excluding carboxylic acids is 1. The summed E-state index contributed by atoms with van der Waals surface area (Å²) in [6, 6.07) is 6.20. The Morgan fingerprint density at radius 3 is 2.74 bits per heavy atom. The van der Waals surface area contributed by atoms with Gasteiger partial charge < -0.3 is 14.5 Å². The molecule has 2 aliphatic heterocycles. The SMILES string of the molecule is CN1CC[C@H](SC[C@@H]2C[C@H](S)CN2C(=O)OCc2ccc([N+](=O)[O-])cc2)C1. The Bertz CT molecular complexity index is 673. The van der Waals surface area contributed by atoms with Crippen LogP contribution in [0, 0.1) is 10.1 Å². The van der Waals surface area contributed by atoms with Crippen LogP contribution in [0.1, 0.15) is 18.4 Å². The van der Waals surface area contributed by atoms with E-state index < -0.39 is 4.92 Å². The van der Waals surface area contributed by atoms with Gasteiger partial charge in [0.05, 0.1) is 4.92 Å². The van der Waals surface area contributed by atoms with Gasteiger partial charge in [0.2, 0.25) is 0 Å². The molecule has 3 rings (SSSR count). The number of ether oxygens (including phenoxy) is 1. The average molecular weight is 412 g/mol. The Kier molecular flexibility index (Phi) is 6.88. The normalized spacial score (nSPS) is 25.7. The molecule has 2 saturated heterocycles. The van der Waals surface area contributed by atoms with Crippen molar-refractivity contribution in [3.63, 3.8) is 0 Å². The Balaban J connectivity index is 1.50. The second-order valence-corrected chi connectivity index (χ2v) is 9.24. The van der Waals surface area contributed by atoms with Crippen molar-refractivity contribution in [2.45, 2.75) is 36.0 Å². The lowest BCUT2D eigenvalue weighted by Crippen LogP contribution is -2.38. The van der Waals surface area contributed by atoms with E-state index in [1.807, 2.05) is 11.8 Å². The number of amides is 1. The van der Waals surface area contributed by atoms with E-state index in [9.17, 15) is 14.9 Å². The number of nitro groups is 1. The molecule has 0 bridgehead atoms. The first kappa shape index (κ1) is 20.3. The molecular weight excluding hydrogens is 386 g/mol. The molecule has 7 nitrogen and oxygen atoms in total. The number of nitrogens with zero attached hydrogens (tertiary/aromatic N) is 3. The molecule has 0 aliphatic carbocycles. The number of benzene rings is 1. The summed E-state index contributed by atoms with van der Waals surface area (Å²) in [5.74, 6) is 0.905. The number of rotatable bonds is 6. The van der Waals surface area contributed by atoms with Crippen LogP contribution in [0.25, 0.3) is 0 Å². The highest BCUT2D eigenvalue weighted by molar-refractivity contribution is 8.00. The maximum atomic E-state index is 12.5. The molecule has 0 aromatic heterocycles. The monoisotopic (exact) mass is 411 g/mol. The second kappa shape index (κ2) is 9.16. The molecule has 0 unspecified atom stereocenters. The Labute approximate surface area is 169 Å². The minimum atomic E-state index is -0.447. The van der Waals surface area contributed by atoms with Crippen LogP contribution in [0.2, 0.25) is 0 Å². The van der Waals surface area contributed by atoms with Gasteiger partial charge in [0, 0.05) is 47.5 Å². The molecule has 2 aliphatic rings. The fraction of sp³-hybridized carbons (Fsp3) is 0.611. The van der Waals surface area contributed by atoms with Crippen LogP contribution in [0.5, 0.6) is 0 Å². The van der Waals surface area contributed by atoms with E-state index in [1.165, 1.54) is 18.6 Å². The van der Waals surface area contributed by atoms with E-state index in [-0.39, 0.29) is 29.7 Å². The number of thioether (sulfide) groups is 1. The molecule has 0 N–H and O–H groups in total. The van der Waals surface area contributed by atoms with Crippen molar-refractivity contribution >= 4 is 36.2 Å². The smallest absolute Gasteiger partial charge is 0.410 e. The fourth-order valence-electron chi connectivity index (χ4n) is 3.49. The molecule has 148 valence electrons. The molecule has 3 atom stereocenters. The number of thiol groups is 1. The summed E-state index contributed by atoms with van der Waals surface area (Å²) in [6.45, 7) is 2.95. The third-order valence-corrected chi connectivity index (χ3v) is 6.82. The van der Waals surface area contributed by atoms with Crippen molar-refractivity contribution < 1.29 is 14.5 Å². The molecule has 1 aromatic carbocycles. The maximum absolute atomic E-state index is 12.5. The van der Waals surface area contributed by atoms with Crippen LogP contribution in [0.15, 0.2) is 24.3 Å². The number of hydrogen-bond acceptors (Lipinski definition) is 7. The van der Waals surface area contributed by atoms with Gasteiger partial charge in [0.15, 0.2) is 0 Å². The molecule has 1 amide bonds. The third kappa shape index (κ3) is 5.52. The van der Waals surface area contributed by atoms with E-state index in [2.05, 4.69) is 24.6 Å². The summed E-state index contributed by atoms with van der Waals surface area (Å²) in [5.41, 5.74) is 0.757. The van der Waals surface area contributed by atoms with E-state index in [1.54, 1.807) is 17.0 Å². The van der Waals surface area contributed by atoms with Gasteiger partial charge in [-0.15, -0.1) is 0 Å². The predicted octanol–water partition coefficient (Wildman–Crippen LogP) is 3.04. The summed E-state index contributed by atoms with van der Waals surface area (Å²) in [6.07, 6.45) is 1.74. The summed E-state index contributed by atoms with van der Waals surface area (Å²) >= 11 is 6.50. The standard InChI is InChI=1S/C18H25N3O4S2/c1-19-7-6-17(10-19)27-12-15-8-16(26)9-20(15)18(22)25-11-13-2-4-14(5-3-13)21(23)24/h2-5,15-17,26H,6-12H2,1H3/t15-,16-,17-/m0/s1. The van der Waals surface area contributed by atoms with Crippen molar-refractivity contribution in [3.8, 4) is 0 Å². The van der Waals surface area contributed by atoms with E-state index in [4.69, 9.17) is 4.74 Å². The summed E-state index contributed by atoms with van der Waals surface area (Å²) in [4.78, 5) is 26.9.